The molecule has 0 amide bonds. The Hall–Kier alpha value is -3.51. The molecule has 1 N–H and O–H groups in total. The number of pyridine rings is 1. The van der Waals surface area contributed by atoms with Gasteiger partial charge in [-0.05, 0) is 37.6 Å². The number of ketones is 1. The van der Waals surface area contributed by atoms with Crippen LogP contribution in [0.2, 0.25) is 0 Å². The van der Waals surface area contributed by atoms with Gasteiger partial charge in [-0.3, -0.25) is 9.20 Å². The zero-order valence-corrected chi connectivity index (χ0v) is 19.0. The number of rotatable bonds is 8. The Balaban J connectivity index is 1.63. The molecule has 170 valence electrons. The van der Waals surface area contributed by atoms with Crippen LogP contribution < -0.4 is 4.74 Å². The molecule has 2 heterocycles. The maximum atomic E-state index is 14.0. The molecule has 2 aromatic carbocycles. The summed E-state index contributed by atoms with van der Waals surface area (Å²) in [7, 11) is 0. The van der Waals surface area contributed by atoms with E-state index in [0.717, 1.165) is 11.1 Å². The van der Waals surface area contributed by atoms with Gasteiger partial charge in [0.15, 0.2) is 17.2 Å². The molecule has 0 saturated heterocycles. The zero-order valence-electron chi connectivity index (χ0n) is 19.0. The number of ether oxygens (including phenoxy) is 1. The van der Waals surface area contributed by atoms with Crippen LogP contribution >= 0.6 is 0 Å². The minimum atomic E-state index is -0.722. The number of aliphatic hydroxyl groups is 1. The van der Waals surface area contributed by atoms with Crippen molar-refractivity contribution in [1.29, 1.82) is 0 Å². The molecule has 0 saturated carbocycles. The number of fused-ring (bicyclic) bond motifs is 1. The van der Waals surface area contributed by atoms with Crippen molar-refractivity contribution < 1.29 is 19.0 Å². The molecule has 2 aromatic heterocycles. The van der Waals surface area contributed by atoms with Crippen LogP contribution in [0.3, 0.4) is 0 Å². The van der Waals surface area contributed by atoms with E-state index in [1.807, 2.05) is 38.1 Å². The van der Waals surface area contributed by atoms with Crippen molar-refractivity contribution in [2.75, 3.05) is 6.61 Å². The number of hydrogen-bond acceptors (Lipinski definition) is 4. The number of Topliss-reactive ketones (excluding diaryl/α,β-unsaturated/α-hetero) is 1. The number of aryl methyl sites for hydroxylation is 2. The van der Waals surface area contributed by atoms with Crippen molar-refractivity contribution >= 4 is 11.4 Å². The average Bonchev–Trinajstić information content (AvgIpc) is 3.15. The molecule has 0 aliphatic rings. The second kappa shape index (κ2) is 9.16. The lowest BCUT2D eigenvalue weighted by Crippen LogP contribution is -2.30. The molecule has 0 aliphatic heterocycles. The predicted octanol–water partition coefficient (Wildman–Crippen LogP) is 5.19. The fourth-order valence-electron chi connectivity index (χ4n) is 4.02. The quantitative estimate of drug-likeness (QED) is 0.378. The first-order chi connectivity index (χ1) is 15.8. The standard InChI is InChI=1S/C27H27FN2O3/c1-18-10-12-21(13-11-18)27(3,17-31)15-23(32)25-19(2)29-26-24(9-6-14-30(25)26)33-16-20-7-4-5-8-22(20)28/h4-14,31H,15-17H2,1-3H3. The number of carbonyl (C=O) groups is 1. The van der Waals surface area contributed by atoms with Gasteiger partial charge in [-0.25, -0.2) is 9.37 Å². The van der Waals surface area contributed by atoms with E-state index < -0.39 is 5.41 Å². The summed E-state index contributed by atoms with van der Waals surface area (Å²) in [6, 6.07) is 17.8. The van der Waals surface area contributed by atoms with Gasteiger partial charge in [0, 0.05) is 23.6 Å². The van der Waals surface area contributed by atoms with Crippen molar-refractivity contribution in [1.82, 2.24) is 9.38 Å². The van der Waals surface area contributed by atoms with Crippen molar-refractivity contribution in [3.8, 4) is 5.75 Å². The van der Waals surface area contributed by atoms with Crippen molar-refractivity contribution in [2.24, 2.45) is 0 Å². The topological polar surface area (TPSA) is 63.8 Å². The molecule has 1 unspecified atom stereocenters. The van der Waals surface area contributed by atoms with Gasteiger partial charge >= 0.3 is 0 Å². The fraction of sp³-hybridized carbons (Fsp3) is 0.259. The van der Waals surface area contributed by atoms with Gasteiger partial charge in [-0.15, -0.1) is 0 Å². The van der Waals surface area contributed by atoms with Gasteiger partial charge in [0.05, 0.1) is 12.3 Å². The molecule has 4 aromatic rings. The lowest BCUT2D eigenvalue weighted by molar-refractivity contribution is 0.0912. The summed E-state index contributed by atoms with van der Waals surface area (Å²) >= 11 is 0. The zero-order chi connectivity index (χ0) is 23.6. The number of nitrogens with zero attached hydrogens (tertiary/aromatic N) is 2. The number of halogens is 1. The van der Waals surface area contributed by atoms with Crippen molar-refractivity contribution in [3.63, 3.8) is 0 Å². The van der Waals surface area contributed by atoms with E-state index in [1.165, 1.54) is 6.07 Å². The fourth-order valence-corrected chi connectivity index (χ4v) is 4.02. The third-order valence-electron chi connectivity index (χ3n) is 6.04. The van der Waals surface area contributed by atoms with E-state index in [9.17, 15) is 14.3 Å². The lowest BCUT2D eigenvalue weighted by Gasteiger charge is -2.27. The van der Waals surface area contributed by atoms with Gasteiger partial charge in [0.2, 0.25) is 0 Å². The highest BCUT2D eigenvalue weighted by atomic mass is 19.1. The molecule has 0 fully saturated rings. The Labute approximate surface area is 192 Å². The SMILES string of the molecule is Cc1ccc(C(C)(CO)CC(=O)c2c(C)nc3c(OCc4ccccc4F)cccn23)cc1. The van der Waals surface area contributed by atoms with E-state index in [-0.39, 0.29) is 31.2 Å². The molecular weight excluding hydrogens is 419 g/mol. The number of carbonyl (C=O) groups excluding carboxylic acids is 1. The number of benzene rings is 2. The molecule has 33 heavy (non-hydrogen) atoms. The van der Waals surface area contributed by atoms with Crippen LogP contribution in [0.25, 0.3) is 5.65 Å². The Morgan fingerprint density at radius 2 is 1.82 bits per heavy atom. The summed E-state index contributed by atoms with van der Waals surface area (Å²) in [5.41, 5.74) is 3.27. The van der Waals surface area contributed by atoms with Crippen LogP contribution in [-0.4, -0.2) is 26.9 Å². The highest BCUT2D eigenvalue weighted by Gasteiger charge is 2.31. The Bertz CT molecular complexity index is 1300. The summed E-state index contributed by atoms with van der Waals surface area (Å²) in [6.07, 6.45) is 1.89. The van der Waals surface area contributed by atoms with Crippen molar-refractivity contribution in [2.45, 2.75) is 39.2 Å². The minimum Gasteiger partial charge on any atom is -0.485 e. The third-order valence-corrected chi connectivity index (χ3v) is 6.04. The van der Waals surface area contributed by atoms with Crippen LogP contribution in [-0.2, 0) is 12.0 Å². The number of aromatic nitrogens is 2. The summed E-state index contributed by atoms with van der Waals surface area (Å²) in [6.45, 7) is 5.56. The van der Waals surface area contributed by atoms with Crippen LogP contribution in [0.4, 0.5) is 4.39 Å². The summed E-state index contributed by atoms with van der Waals surface area (Å²) in [4.78, 5) is 18.0. The number of aliphatic hydroxyl groups excluding tert-OH is 1. The van der Waals surface area contributed by atoms with E-state index in [4.69, 9.17) is 4.74 Å². The monoisotopic (exact) mass is 446 g/mol. The van der Waals surface area contributed by atoms with Gasteiger partial charge in [-0.1, -0.05) is 55.0 Å². The van der Waals surface area contributed by atoms with E-state index in [1.54, 1.807) is 47.9 Å². The first-order valence-electron chi connectivity index (χ1n) is 10.9. The smallest absolute Gasteiger partial charge is 0.182 e. The van der Waals surface area contributed by atoms with Crippen LogP contribution in [0.1, 0.15) is 46.2 Å². The highest BCUT2D eigenvalue weighted by Crippen LogP contribution is 2.31. The van der Waals surface area contributed by atoms with Gasteiger partial charge in [0.1, 0.15) is 18.1 Å². The highest BCUT2D eigenvalue weighted by molar-refractivity contribution is 5.97. The summed E-state index contributed by atoms with van der Waals surface area (Å²) in [5.74, 6) is 0.00831. The lowest BCUT2D eigenvalue weighted by atomic mass is 9.78. The maximum absolute atomic E-state index is 14.0. The Morgan fingerprint density at radius 3 is 2.52 bits per heavy atom. The first kappa shape index (κ1) is 22.7. The first-order valence-corrected chi connectivity index (χ1v) is 10.9. The molecular formula is C27H27FN2O3. The van der Waals surface area contributed by atoms with E-state index in [0.29, 0.717) is 28.3 Å². The van der Waals surface area contributed by atoms with Gasteiger partial charge in [-0.2, -0.15) is 0 Å². The van der Waals surface area contributed by atoms with Crippen LogP contribution in [0.5, 0.6) is 5.75 Å². The largest absolute Gasteiger partial charge is 0.485 e. The second-order valence-electron chi connectivity index (χ2n) is 8.68. The van der Waals surface area contributed by atoms with E-state index in [2.05, 4.69) is 4.98 Å². The average molecular weight is 447 g/mol. The van der Waals surface area contributed by atoms with Gasteiger partial charge < -0.3 is 9.84 Å². The summed E-state index contributed by atoms with van der Waals surface area (Å²) in [5, 5.41) is 10.2. The molecule has 0 bridgehead atoms. The normalized spacial score (nSPS) is 13.1. The molecule has 6 heteroatoms. The van der Waals surface area contributed by atoms with Gasteiger partial charge in [0.25, 0.3) is 0 Å². The maximum Gasteiger partial charge on any atom is 0.182 e. The number of hydrogen-bond donors (Lipinski definition) is 1. The predicted molar refractivity (Wildman–Crippen MR) is 125 cm³/mol. The Kier molecular flexibility index (Phi) is 6.29. The molecule has 0 radical (unpaired) electrons. The van der Waals surface area contributed by atoms with Crippen molar-refractivity contribution in [3.05, 3.63) is 101 Å². The van der Waals surface area contributed by atoms with Crippen LogP contribution in [0, 0.1) is 19.7 Å². The Morgan fingerprint density at radius 1 is 1.09 bits per heavy atom. The second-order valence-corrected chi connectivity index (χ2v) is 8.68. The van der Waals surface area contributed by atoms with E-state index >= 15 is 0 Å². The molecule has 0 spiro atoms. The molecule has 0 aliphatic carbocycles. The molecule has 1 atom stereocenters. The number of imidazole rings is 1. The molecule has 5 nitrogen and oxygen atoms in total. The third kappa shape index (κ3) is 4.52. The van der Waals surface area contributed by atoms with Crippen LogP contribution in [0.15, 0.2) is 66.9 Å². The molecule has 4 rings (SSSR count). The minimum absolute atomic E-state index is 0.0531. The summed E-state index contributed by atoms with van der Waals surface area (Å²) < 4.78 is 21.5.